The summed E-state index contributed by atoms with van der Waals surface area (Å²) in [6.07, 6.45) is 1.10. The Balaban J connectivity index is 2.39. The van der Waals surface area contributed by atoms with Gasteiger partial charge in [0.05, 0.1) is 5.69 Å². The monoisotopic (exact) mass is 165 g/mol. The topological polar surface area (TPSA) is 15.3 Å². The van der Waals surface area contributed by atoms with Crippen LogP contribution in [0.25, 0.3) is 0 Å². The Morgan fingerprint density at radius 1 is 1.36 bits per heavy atom. The van der Waals surface area contributed by atoms with E-state index in [1.165, 1.54) is 11.3 Å². The normalized spacial score (nSPS) is 15.2. The van der Waals surface area contributed by atoms with Gasteiger partial charge >= 0.3 is 0 Å². The van der Waals surface area contributed by atoms with E-state index in [4.69, 9.17) is 12.8 Å². The number of hydrogen-bond acceptors (Lipinski definition) is 2. The second-order valence-corrected chi connectivity index (χ2v) is 2.80. The van der Waals surface area contributed by atoms with Crippen molar-refractivity contribution in [1.82, 2.24) is 4.83 Å². The molecule has 2 nitrogen and oxygen atoms in total. The molecular weight excluding hydrogens is 156 g/mol. The van der Waals surface area contributed by atoms with Gasteiger partial charge in [0.25, 0.3) is 0 Å². The summed E-state index contributed by atoms with van der Waals surface area (Å²) < 4.78 is 0. The third-order valence-corrected chi connectivity index (χ3v) is 2.22. The standard InChI is InChI=1S/C8H9N2S/c11-9-10-6-5-7-3-1-2-4-8(7)10/h1-4,9H,5-6H2. The van der Waals surface area contributed by atoms with Gasteiger partial charge in [-0.2, -0.15) is 4.83 Å². The second-order valence-electron chi connectivity index (χ2n) is 2.62. The van der Waals surface area contributed by atoms with Gasteiger partial charge in [0, 0.05) is 19.4 Å². The molecule has 1 N–H and O–H groups in total. The van der Waals surface area contributed by atoms with E-state index in [2.05, 4.69) is 23.0 Å². The molecule has 0 aromatic heterocycles. The molecule has 2 rings (SSSR count). The molecule has 0 atom stereocenters. The Kier molecular flexibility index (Phi) is 1.75. The van der Waals surface area contributed by atoms with E-state index in [0.717, 1.165) is 13.0 Å². The zero-order valence-corrected chi connectivity index (χ0v) is 6.90. The third kappa shape index (κ3) is 1.10. The molecule has 0 aliphatic carbocycles. The van der Waals surface area contributed by atoms with Crippen LogP contribution in [0.5, 0.6) is 0 Å². The lowest BCUT2D eigenvalue weighted by atomic mass is 10.2. The van der Waals surface area contributed by atoms with Gasteiger partial charge in [-0.05, 0) is 18.1 Å². The molecule has 3 heteroatoms. The Bertz CT molecular complexity index is 262. The van der Waals surface area contributed by atoms with E-state index < -0.39 is 0 Å². The summed E-state index contributed by atoms with van der Waals surface area (Å²) in [5.41, 5.74) is 2.60. The minimum atomic E-state index is 0.989. The smallest absolute Gasteiger partial charge is 0.0561 e. The van der Waals surface area contributed by atoms with Crippen LogP contribution in [0.2, 0.25) is 0 Å². The van der Waals surface area contributed by atoms with E-state index >= 15 is 0 Å². The maximum atomic E-state index is 4.76. The fraction of sp³-hybridized carbons (Fsp3) is 0.250. The van der Waals surface area contributed by atoms with Gasteiger partial charge in [0.1, 0.15) is 0 Å². The largest absolute Gasteiger partial charge is 0.297 e. The van der Waals surface area contributed by atoms with E-state index in [1.807, 2.05) is 11.1 Å². The third-order valence-electron chi connectivity index (χ3n) is 2.00. The first-order valence-electron chi connectivity index (χ1n) is 3.65. The Labute approximate surface area is 71.7 Å². The number of para-hydroxylation sites is 1. The van der Waals surface area contributed by atoms with E-state index in [1.54, 1.807) is 0 Å². The predicted octanol–water partition coefficient (Wildman–Crippen LogP) is 1.67. The van der Waals surface area contributed by atoms with Crippen molar-refractivity contribution in [2.24, 2.45) is 0 Å². The summed E-state index contributed by atoms with van der Waals surface area (Å²) in [6, 6.07) is 8.32. The van der Waals surface area contributed by atoms with Crippen molar-refractivity contribution in [3.8, 4) is 0 Å². The molecule has 0 saturated heterocycles. The van der Waals surface area contributed by atoms with Crippen LogP contribution in [0, 0.1) is 0 Å². The number of benzene rings is 1. The quantitative estimate of drug-likeness (QED) is 0.681. The summed E-state index contributed by atoms with van der Waals surface area (Å²) >= 11 is 4.76. The van der Waals surface area contributed by atoms with Crippen LogP contribution in [-0.4, -0.2) is 6.54 Å². The Hall–Kier alpha value is -0.670. The van der Waals surface area contributed by atoms with E-state index in [0.29, 0.717) is 0 Å². The summed E-state index contributed by atoms with van der Waals surface area (Å²) in [6.45, 7) is 0.989. The lowest BCUT2D eigenvalue weighted by Gasteiger charge is -2.14. The van der Waals surface area contributed by atoms with Crippen molar-refractivity contribution in [3.05, 3.63) is 29.8 Å². The number of hydrogen-bond donors (Lipinski definition) is 1. The fourth-order valence-corrected chi connectivity index (χ4v) is 1.62. The van der Waals surface area contributed by atoms with Crippen LogP contribution in [-0.2, 0) is 6.42 Å². The molecule has 0 fully saturated rings. The van der Waals surface area contributed by atoms with Crippen molar-refractivity contribution < 1.29 is 0 Å². The highest BCUT2D eigenvalue weighted by Gasteiger charge is 2.16. The first kappa shape index (κ1) is 7.00. The van der Waals surface area contributed by atoms with E-state index in [9.17, 15) is 0 Å². The highest BCUT2D eigenvalue weighted by molar-refractivity contribution is 7.78. The fourth-order valence-electron chi connectivity index (χ4n) is 1.43. The van der Waals surface area contributed by atoms with Gasteiger partial charge in [0.15, 0.2) is 0 Å². The molecule has 0 bridgehead atoms. The predicted molar refractivity (Wildman–Crippen MR) is 48.2 cm³/mol. The molecule has 1 aliphatic heterocycles. The molecule has 11 heavy (non-hydrogen) atoms. The summed E-state index contributed by atoms with van der Waals surface area (Å²) in [7, 11) is 0. The molecule has 1 aromatic carbocycles. The van der Waals surface area contributed by atoms with Gasteiger partial charge in [-0.25, -0.2) is 0 Å². The van der Waals surface area contributed by atoms with Gasteiger partial charge in [0.2, 0.25) is 0 Å². The molecule has 57 valence electrons. The highest BCUT2D eigenvalue weighted by atomic mass is 32.1. The molecule has 1 heterocycles. The van der Waals surface area contributed by atoms with E-state index in [-0.39, 0.29) is 0 Å². The first-order chi connectivity index (χ1) is 5.42. The van der Waals surface area contributed by atoms with Crippen molar-refractivity contribution in [2.45, 2.75) is 6.42 Å². The van der Waals surface area contributed by atoms with Crippen LogP contribution < -0.4 is 9.84 Å². The molecule has 1 aliphatic rings. The molecule has 1 aromatic rings. The Morgan fingerprint density at radius 3 is 3.00 bits per heavy atom. The number of hydrazine groups is 1. The number of rotatable bonds is 1. The SMILES string of the molecule is [S]NN1CCc2ccccc21. The minimum absolute atomic E-state index is 0.989. The molecule has 0 amide bonds. The molecule has 0 unspecified atom stereocenters. The maximum absolute atomic E-state index is 4.76. The number of nitrogens with one attached hydrogen (secondary N) is 1. The lowest BCUT2D eigenvalue weighted by molar-refractivity contribution is 0.841. The van der Waals surface area contributed by atoms with Crippen molar-refractivity contribution in [1.29, 1.82) is 0 Å². The van der Waals surface area contributed by atoms with Crippen LogP contribution in [0.3, 0.4) is 0 Å². The van der Waals surface area contributed by atoms with Gasteiger partial charge in [-0.15, -0.1) is 0 Å². The summed E-state index contributed by atoms with van der Waals surface area (Å²) in [5.74, 6) is 0. The Morgan fingerprint density at radius 2 is 2.18 bits per heavy atom. The maximum Gasteiger partial charge on any atom is 0.0561 e. The molecule has 1 radical (unpaired) electrons. The zero-order valence-electron chi connectivity index (χ0n) is 6.08. The highest BCUT2D eigenvalue weighted by Crippen LogP contribution is 2.25. The van der Waals surface area contributed by atoms with Crippen LogP contribution in [0.15, 0.2) is 24.3 Å². The number of nitrogens with zero attached hydrogens (tertiary/aromatic N) is 1. The molecular formula is C8H9N2S. The average Bonchev–Trinajstić information content (AvgIpc) is 2.47. The first-order valence-corrected chi connectivity index (χ1v) is 4.06. The lowest BCUT2D eigenvalue weighted by Crippen LogP contribution is -2.28. The second kappa shape index (κ2) is 2.75. The van der Waals surface area contributed by atoms with Crippen LogP contribution in [0.1, 0.15) is 5.56 Å². The molecule has 0 spiro atoms. The van der Waals surface area contributed by atoms with Crippen molar-refractivity contribution in [3.63, 3.8) is 0 Å². The van der Waals surface area contributed by atoms with Crippen LogP contribution in [0.4, 0.5) is 5.69 Å². The van der Waals surface area contributed by atoms with Gasteiger partial charge in [-0.1, -0.05) is 18.2 Å². The van der Waals surface area contributed by atoms with Gasteiger partial charge in [-0.3, -0.25) is 5.01 Å². The average molecular weight is 165 g/mol. The minimum Gasteiger partial charge on any atom is -0.297 e. The zero-order chi connectivity index (χ0) is 7.68. The van der Waals surface area contributed by atoms with Crippen molar-refractivity contribution >= 4 is 18.5 Å². The van der Waals surface area contributed by atoms with Crippen molar-refractivity contribution in [2.75, 3.05) is 11.6 Å². The van der Waals surface area contributed by atoms with Gasteiger partial charge < -0.3 is 0 Å². The number of fused-ring (bicyclic) bond motifs is 1. The molecule has 0 saturated carbocycles. The number of anilines is 1. The summed E-state index contributed by atoms with van der Waals surface area (Å²) in [4.78, 5) is 2.74. The van der Waals surface area contributed by atoms with Crippen LogP contribution >= 0.6 is 12.8 Å². The summed E-state index contributed by atoms with van der Waals surface area (Å²) in [5, 5.41) is 1.99.